The van der Waals surface area contributed by atoms with Gasteiger partial charge in [-0.1, -0.05) is 18.5 Å². The minimum Gasteiger partial charge on any atom is -0.495 e. The van der Waals surface area contributed by atoms with E-state index in [-0.39, 0.29) is 0 Å². The van der Waals surface area contributed by atoms with Crippen molar-refractivity contribution in [3.05, 3.63) is 23.2 Å². The number of rotatable bonds is 5. The zero-order chi connectivity index (χ0) is 20.3. The van der Waals surface area contributed by atoms with Crippen LogP contribution in [0.3, 0.4) is 0 Å². The summed E-state index contributed by atoms with van der Waals surface area (Å²) in [7, 11) is 1.52. The Bertz CT molecular complexity index is 894. The first-order chi connectivity index (χ1) is 13.2. The molecule has 5 unspecified atom stereocenters. The monoisotopic (exact) mass is 400 g/mol. The van der Waals surface area contributed by atoms with Crippen molar-refractivity contribution >= 4 is 29.1 Å². The van der Waals surface area contributed by atoms with Crippen LogP contribution in [0.15, 0.2) is 18.2 Å². The Balaban J connectivity index is 1.77. The normalized spacial score (nSPS) is 33.4. The number of terminal acetylenes is 1. The number of amides is 2. The number of benzene rings is 1. The van der Waals surface area contributed by atoms with E-state index in [1.807, 2.05) is 0 Å². The minimum absolute atomic E-state index is 0.327. The van der Waals surface area contributed by atoms with Crippen LogP contribution in [0.4, 0.5) is 5.69 Å². The predicted octanol–water partition coefficient (Wildman–Crippen LogP) is 3.39. The lowest BCUT2D eigenvalue weighted by Gasteiger charge is -2.47. The van der Waals surface area contributed by atoms with Crippen LogP contribution >= 0.6 is 11.6 Å². The van der Waals surface area contributed by atoms with E-state index < -0.39 is 23.3 Å². The largest absolute Gasteiger partial charge is 0.495 e. The third-order valence-corrected chi connectivity index (χ3v) is 7.42. The molecule has 0 aliphatic heterocycles. The number of anilines is 1. The Morgan fingerprint density at radius 1 is 1.39 bits per heavy atom. The molecule has 3 aliphatic carbocycles. The van der Waals surface area contributed by atoms with Crippen LogP contribution < -0.4 is 15.4 Å². The lowest BCUT2D eigenvalue weighted by molar-refractivity contribution is -0.126. The van der Waals surface area contributed by atoms with E-state index in [0.717, 1.165) is 18.8 Å². The van der Waals surface area contributed by atoms with Crippen LogP contribution in [0, 0.1) is 35.0 Å². The number of carbonyl (C=O) groups is 2. The zero-order valence-corrected chi connectivity index (χ0v) is 17.0. The summed E-state index contributed by atoms with van der Waals surface area (Å²) in [6.07, 6.45) is 10.9. The molecule has 3 aliphatic rings. The van der Waals surface area contributed by atoms with Gasteiger partial charge in [0.05, 0.1) is 12.1 Å². The van der Waals surface area contributed by atoms with E-state index in [9.17, 15) is 9.59 Å². The number of primary amides is 1. The molecule has 0 radical (unpaired) electrons. The lowest BCUT2D eigenvalue weighted by atomic mass is 9.63. The number of nitrogens with two attached hydrogens (primary N) is 1. The topological polar surface area (TPSA) is 72.6 Å². The smallest absolute Gasteiger partial charge is 0.303 e. The number of carbonyl (C=O) groups excluding carboxylic acids is 2. The lowest BCUT2D eigenvalue weighted by Crippen LogP contribution is -2.58. The molecule has 4 rings (SSSR count). The highest BCUT2D eigenvalue weighted by molar-refractivity contribution is 6.32. The van der Waals surface area contributed by atoms with Crippen molar-refractivity contribution in [1.82, 2.24) is 0 Å². The van der Waals surface area contributed by atoms with Crippen molar-refractivity contribution in [2.24, 2.45) is 28.4 Å². The first-order valence-corrected chi connectivity index (χ1v) is 10.0. The Kier molecular flexibility index (Phi) is 4.39. The average Bonchev–Trinajstić information content (AvgIpc) is 3.18. The van der Waals surface area contributed by atoms with Crippen LogP contribution in [0.5, 0.6) is 5.75 Å². The second-order valence-corrected chi connectivity index (χ2v) is 9.45. The summed E-state index contributed by atoms with van der Waals surface area (Å²) in [5.74, 6) is 2.87. The Morgan fingerprint density at radius 2 is 2.14 bits per heavy atom. The summed E-state index contributed by atoms with van der Waals surface area (Å²) in [6, 6.07) is 4.13. The Labute approximate surface area is 170 Å². The average molecular weight is 401 g/mol. The standard InChI is InChI=1S/C22H25ClN2O3/c1-4-18(26)25(15-5-6-17(28-3)16(23)8-15)19(20(24)27)21(2)9-13-7-14-11-22(14,10-13)12-21/h1,5-6,8,13-14,19H,7,9-12H2,2-3H3,(H2,24,27). The van der Waals surface area contributed by atoms with E-state index in [0.29, 0.717) is 27.8 Å². The number of nitrogens with zero attached hydrogens (tertiary/aromatic N) is 1. The van der Waals surface area contributed by atoms with Gasteiger partial charge in [-0.3, -0.25) is 14.5 Å². The van der Waals surface area contributed by atoms with E-state index in [4.69, 9.17) is 28.5 Å². The van der Waals surface area contributed by atoms with Gasteiger partial charge >= 0.3 is 5.91 Å². The molecule has 5 nitrogen and oxygen atoms in total. The fourth-order valence-corrected chi connectivity index (χ4v) is 6.56. The molecule has 1 spiro atoms. The quantitative estimate of drug-likeness (QED) is 0.770. The highest BCUT2D eigenvalue weighted by atomic mass is 35.5. The van der Waals surface area contributed by atoms with Gasteiger partial charge in [0, 0.05) is 5.69 Å². The molecule has 148 valence electrons. The molecule has 0 saturated heterocycles. The third-order valence-electron chi connectivity index (χ3n) is 7.13. The van der Waals surface area contributed by atoms with Gasteiger partial charge in [-0.25, -0.2) is 0 Å². The molecule has 3 saturated carbocycles. The van der Waals surface area contributed by atoms with Gasteiger partial charge in [-0.05, 0) is 78.9 Å². The highest BCUT2D eigenvalue weighted by Crippen LogP contribution is 2.74. The highest BCUT2D eigenvalue weighted by Gasteiger charge is 2.67. The molecule has 0 aromatic heterocycles. The van der Waals surface area contributed by atoms with Crippen molar-refractivity contribution in [2.75, 3.05) is 12.0 Å². The molecule has 1 aromatic rings. The van der Waals surface area contributed by atoms with Crippen LogP contribution in [0.2, 0.25) is 5.02 Å². The first-order valence-electron chi connectivity index (χ1n) is 9.66. The fraction of sp³-hybridized carbons (Fsp3) is 0.545. The van der Waals surface area contributed by atoms with E-state index >= 15 is 0 Å². The Hall–Kier alpha value is -2.19. The molecule has 5 atom stereocenters. The second-order valence-electron chi connectivity index (χ2n) is 9.05. The van der Waals surface area contributed by atoms with Gasteiger partial charge < -0.3 is 10.5 Å². The second kappa shape index (κ2) is 6.42. The number of hydrogen-bond acceptors (Lipinski definition) is 3. The summed E-state index contributed by atoms with van der Waals surface area (Å²) < 4.78 is 5.20. The molecular formula is C22H25ClN2O3. The summed E-state index contributed by atoms with van der Waals surface area (Å²) >= 11 is 6.28. The van der Waals surface area contributed by atoms with Crippen molar-refractivity contribution in [3.8, 4) is 18.1 Å². The molecule has 2 N–H and O–H groups in total. The van der Waals surface area contributed by atoms with E-state index in [1.165, 1.54) is 31.3 Å². The zero-order valence-electron chi connectivity index (χ0n) is 16.2. The van der Waals surface area contributed by atoms with Gasteiger partial charge in [-0.15, -0.1) is 6.42 Å². The number of fused-ring (bicyclic) bond motifs is 1. The first kappa shape index (κ1) is 19.1. The minimum atomic E-state index is -0.820. The maximum Gasteiger partial charge on any atom is 0.303 e. The molecule has 28 heavy (non-hydrogen) atoms. The maximum atomic E-state index is 12.8. The van der Waals surface area contributed by atoms with Gasteiger partial charge in [0.25, 0.3) is 0 Å². The molecule has 6 heteroatoms. The number of halogens is 1. The molecule has 1 aromatic carbocycles. The molecule has 3 fully saturated rings. The van der Waals surface area contributed by atoms with Crippen molar-refractivity contribution in [1.29, 1.82) is 0 Å². The summed E-state index contributed by atoms with van der Waals surface area (Å²) in [6.45, 7) is 2.08. The number of methoxy groups -OCH3 is 1. The molecule has 2 bridgehead atoms. The van der Waals surface area contributed by atoms with Crippen LogP contribution in [0.25, 0.3) is 0 Å². The van der Waals surface area contributed by atoms with Crippen molar-refractivity contribution in [2.45, 2.75) is 45.1 Å². The summed E-state index contributed by atoms with van der Waals surface area (Å²) in [5.41, 5.74) is 6.26. The molecule has 2 amide bonds. The van der Waals surface area contributed by atoms with Crippen LogP contribution in [-0.2, 0) is 9.59 Å². The maximum absolute atomic E-state index is 12.8. The number of ether oxygens (including phenoxy) is 1. The fourth-order valence-electron chi connectivity index (χ4n) is 6.30. The Morgan fingerprint density at radius 3 is 2.71 bits per heavy atom. The van der Waals surface area contributed by atoms with E-state index in [1.54, 1.807) is 18.2 Å². The van der Waals surface area contributed by atoms with Gasteiger partial charge in [0.1, 0.15) is 11.8 Å². The van der Waals surface area contributed by atoms with Gasteiger partial charge in [0.2, 0.25) is 5.91 Å². The summed E-state index contributed by atoms with van der Waals surface area (Å²) in [4.78, 5) is 26.9. The van der Waals surface area contributed by atoms with Gasteiger partial charge in [-0.2, -0.15) is 0 Å². The van der Waals surface area contributed by atoms with Crippen molar-refractivity contribution < 1.29 is 14.3 Å². The number of hydrogen-bond donors (Lipinski definition) is 1. The van der Waals surface area contributed by atoms with E-state index in [2.05, 4.69) is 12.8 Å². The third kappa shape index (κ3) is 2.86. The molecular weight excluding hydrogens is 376 g/mol. The van der Waals surface area contributed by atoms with Crippen LogP contribution in [0.1, 0.15) is 39.0 Å². The SMILES string of the molecule is C#CC(=O)N(c1ccc(OC)c(Cl)c1)C(C(N)=O)C1(C)CC2CC3CC3(C2)C1. The predicted molar refractivity (Wildman–Crippen MR) is 108 cm³/mol. The molecule has 0 heterocycles. The van der Waals surface area contributed by atoms with Crippen LogP contribution in [-0.4, -0.2) is 25.0 Å². The van der Waals surface area contributed by atoms with Crippen molar-refractivity contribution in [3.63, 3.8) is 0 Å². The summed E-state index contributed by atoms with van der Waals surface area (Å²) in [5, 5.41) is 0.341. The van der Waals surface area contributed by atoms with Gasteiger partial charge in [0.15, 0.2) is 0 Å².